The summed E-state index contributed by atoms with van der Waals surface area (Å²) in [5.41, 5.74) is 0. The quantitative estimate of drug-likeness (QED) is 0.589. The van der Waals surface area contributed by atoms with Crippen LogP contribution in [0.2, 0.25) is 0 Å². The summed E-state index contributed by atoms with van der Waals surface area (Å²) in [7, 11) is 4.03. The molecule has 1 aliphatic heterocycles. The van der Waals surface area contributed by atoms with Crippen molar-refractivity contribution < 1.29 is 20.1 Å². The molecule has 0 spiro atoms. The molecule has 1 saturated heterocycles. The summed E-state index contributed by atoms with van der Waals surface area (Å²) in [6, 6.07) is 0.167. The lowest BCUT2D eigenvalue weighted by molar-refractivity contribution is -0.144. The fourth-order valence-corrected chi connectivity index (χ4v) is 4.98. The smallest absolute Gasteiger partial charge is 0.253 e. The summed E-state index contributed by atoms with van der Waals surface area (Å²) in [5, 5.41) is 28.7. The normalized spacial score (nSPS) is 34.2. The van der Waals surface area contributed by atoms with Crippen LogP contribution in [0.25, 0.3) is 0 Å². The van der Waals surface area contributed by atoms with E-state index in [2.05, 4.69) is 4.90 Å². The molecule has 5 unspecified atom stereocenters. The average molecular weight is 397 g/mol. The summed E-state index contributed by atoms with van der Waals surface area (Å²) in [4.78, 5) is 15.8. The van der Waals surface area contributed by atoms with Gasteiger partial charge in [-0.15, -0.1) is 23.2 Å². The van der Waals surface area contributed by atoms with Gasteiger partial charge in [-0.3, -0.25) is 4.79 Å². The number of likely N-dealkylation sites (tertiary alicyclic amines) is 1. The van der Waals surface area contributed by atoms with Crippen LogP contribution in [0, 0.1) is 11.8 Å². The number of alkyl halides is 2. The Labute approximate surface area is 159 Å². The molecule has 1 amide bonds. The number of hydrogen-bond donors (Lipinski definition) is 3. The number of aliphatic hydroxyl groups excluding tert-OH is 3. The van der Waals surface area contributed by atoms with E-state index in [1.165, 1.54) is 0 Å². The molecule has 3 N–H and O–H groups in total. The summed E-state index contributed by atoms with van der Waals surface area (Å²) >= 11 is 12.6. The number of hydrogen-bond acceptors (Lipinski definition) is 5. The molecule has 0 bridgehead atoms. The summed E-state index contributed by atoms with van der Waals surface area (Å²) < 4.78 is 0. The molecule has 8 heteroatoms. The molecule has 2 fully saturated rings. The van der Waals surface area contributed by atoms with E-state index in [4.69, 9.17) is 28.3 Å². The van der Waals surface area contributed by atoms with Crippen molar-refractivity contribution in [1.82, 2.24) is 9.80 Å². The summed E-state index contributed by atoms with van der Waals surface area (Å²) in [6.07, 6.45) is 0.979. The third-order valence-electron chi connectivity index (χ3n) is 5.68. The number of piperidine rings is 1. The number of nitrogens with zero attached hydrogens (tertiary/aromatic N) is 2. The SMILES string of the molecule is CN(C)C(C1CCN(C(=O)[C@H](O)CO)CC1)C1CC(Cl)C(Cl)CC1O. The van der Waals surface area contributed by atoms with E-state index in [0.29, 0.717) is 31.8 Å². The molecule has 2 aliphatic rings. The fraction of sp³-hybridized carbons (Fsp3) is 0.941. The van der Waals surface area contributed by atoms with Gasteiger partial charge in [-0.05, 0) is 45.7 Å². The van der Waals surface area contributed by atoms with Gasteiger partial charge >= 0.3 is 0 Å². The highest BCUT2D eigenvalue weighted by Crippen LogP contribution is 2.39. The molecule has 1 heterocycles. The van der Waals surface area contributed by atoms with E-state index >= 15 is 0 Å². The van der Waals surface area contributed by atoms with Gasteiger partial charge in [0.1, 0.15) is 0 Å². The van der Waals surface area contributed by atoms with Gasteiger partial charge < -0.3 is 25.1 Å². The minimum absolute atomic E-state index is 0.0581. The molecule has 1 saturated carbocycles. The third-order valence-corrected chi connectivity index (χ3v) is 6.77. The largest absolute Gasteiger partial charge is 0.393 e. The number of rotatable bonds is 5. The Morgan fingerprint density at radius 1 is 1.20 bits per heavy atom. The molecular formula is C17H30Cl2N2O4. The highest BCUT2D eigenvalue weighted by Gasteiger charge is 2.43. The minimum Gasteiger partial charge on any atom is -0.393 e. The van der Waals surface area contributed by atoms with E-state index in [-0.39, 0.29) is 22.7 Å². The lowest BCUT2D eigenvalue weighted by Gasteiger charge is -2.46. The van der Waals surface area contributed by atoms with Crippen LogP contribution in [0.3, 0.4) is 0 Å². The summed E-state index contributed by atoms with van der Waals surface area (Å²) in [6.45, 7) is 0.552. The second-order valence-corrected chi connectivity index (χ2v) is 8.67. The van der Waals surface area contributed by atoms with Gasteiger partial charge in [-0.2, -0.15) is 0 Å². The molecule has 146 valence electrons. The highest BCUT2D eigenvalue weighted by atomic mass is 35.5. The van der Waals surface area contributed by atoms with Gasteiger partial charge in [0.15, 0.2) is 6.10 Å². The molecule has 0 aromatic carbocycles. The predicted octanol–water partition coefficient (Wildman–Crippen LogP) is 0.494. The van der Waals surface area contributed by atoms with Gasteiger partial charge in [0.2, 0.25) is 0 Å². The van der Waals surface area contributed by atoms with Crippen molar-refractivity contribution >= 4 is 29.1 Å². The Balaban J connectivity index is 2.01. The zero-order valence-electron chi connectivity index (χ0n) is 14.9. The maximum atomic E-state index is 12.0. The molecule has 2 rings (SSSR count). The zero-order chi connectivity index (χ0) is 18.7. The van der Waals surface area contributed by atoms with Crippen molar-refractivity contribution in [1.29, 1.82) is 0 Å². The zero-order valence-corrected chi connectivity index (χ0v) is 16.4. The van der Waals surface area contributed by atoms with Gasteiger partial charge in [0.05, 0.1) is 23.5 Å². The fourth-order valence-electron chi connectivity index (χ4n) is 4.39. The maximum Gasteiger partial charge on any atom is 0.253 e. The van der Waals surface area contributed by atoms with Gasteiger partial charge in [0.25, 0.3) is 5.91 Å². The van der Waals surface area contributed by atoms with Crippen LogP contribution in [-0.2, 0) is 4.79 Å². The Morgan fingerprint density at radius 2 is 1.76 bits per heavy atom. The molecule has 0 radical (unpaired) electrons. The molecule has 6 atom stereocenters. The number of carbonyl (C=O) groups is 1. The first kappa shape index (κ1) is 21.2. The van der Waals surface area contributed by atoms with Crippen molar-refractivity contribution in [2.24, 2.45) is 11.8 Å². The molecule has 25 heavy (non-hydrogen) atoms. The Morgan fingerprint density at radius 3 is 2.28 bits per heavy atom. The van der Waals surface area contributed by atoms with Crippen molar-refractivity contribution in [3.63, 3.8) is 0 Å². The number of amides is 1. The van der Waals surface area contributed by atoms with Crippen LogP contribution < -0.4 is 0 Å². The Kier molecular flexibility index (Phi) is 7.80. The van der Waals surface area contributed by atoms with Crippen molar-refractivity contribution in [3.05, 3.63) is 0 Å². The van der Waals surface area contributed by atoms with Gasteiger partial charge in [0, 0.05) is 25.0 Å². The standard InChI is InChI=1S/C17H30Cl2N2O4/c1-20(2)16(11-7-12(18)13(19)8-14(11)23)10-3-5-21(6-4-10)17(25)15(24)9-22/h10-16,22-24H,3-9H2,1-2H3/t11?,12?,13?,14?,15-,16?/m1/s1. The lowest BCUT2D eigenvalue weighted by Crippen LogP contribution is -2.54. The first-order chi connectivity index (χ1) is 11.8. The average Bonchev–Trinajstić information content (AvgIpc) is 2.58. The maximum absolute atomic E-state index is 12.0. The summed E-state index contributed by atoms with van der Waals surface area (Å²) in [5.74, 6) is -0.0191. The second-order valence-electron chi connectivity index (χ2n) is 7.55. The Hall–Kier alpha value is -0.110. The molecule has 6 nitrogen and oxygen atoms in total. The van der Waals surface area contributed by atoms with E-state index in [9.17, 15) is 15.0 Å². The van der Waals surface area contributed by atoms with E-state index in [1.807, 2.05) is 14.1 Å². The third kappa shape index (κ3) is 4.99. The van der Waals surface area contributed by atoms with Crippen molar-refractivity contribution in [2.45, 2.75) is 54.7 Å². The van der Waals surface area contributed by atoms with E-state index < -0.39 is 24.7 Å². The molecule has 0 aromatic heterocycles. The van der Waals surface area contributed by atoms with Crippen LogP contribution in [0.5, 0.6) is 0 Å². The minimum atomic E-state index is -1.33. The Bertz CT molecular complexity index is 446. The number of carbonyl (C=O) groups excluding carboxylic acids is 1. The van der Waals surface area contributed by atoms with Gasteiger partial charge in [-0.1, -0.05) is 0 Å². The molecule has 0 aromatic rings. The first-order valence-corrected chi connectivity index (χ1v) is 9.83. The van der Waals surface area contributed by atoms with Crippen LogP contribution >= 0.6 is 23.2 Å². The van der Waals surface area contributed by atoms with Crippen molar-refractivity contribution in [3.8, 4) is 0 Å². The van der Waals surface area contributed by atoms with Crippen LogP contribution in [0.15, 0.2) is 0 Å². The highest BCUT2D eigenvalue weighted by molar-refractivity contribution is 6.30. The van der Waals surface area contributed by atoms with Gasteiger partial charge in [-0.25, -0.2) is 0 Å². The van der Waals surface area contributed by atoms with Crippen LogP contribution in [-0.4, -0.2) is 93.8 Å². The monoisotopic (exact) mass is 396 g/mol. The second kappa shape index (κ2) is 9.20. The van der Waals surface area contributed by atoms with Crippen molar-refractivity contribution in [2.75, 3.05) is 33.8 Å². The van der Waals surface area contributed by atoms with E-state index in [1.54, 1.807) is 4.90 Å². The first-order valence-electron chi connectivity index (χ1n) is 8.96. The predicted molar refractivity (Wildman–Crippen MR) is 97.9 cm³/mol. The number of halogens is 2. The van der Waals surface area contributed by atoms with Crippen LogP contribution in [0.1, 0.15) is 25.7 Å². The number of aliphatic hydroxyl groups is 3. The van der Waals surface area contributed by atoms with Crippen LogP contribution in [0.4, 0.5) is 0 Å². The topological polar surface area (TPSA) is 84.2 Å². The lowest BCUT2D eigenvalue weighted by atomic mass is 9.73. The molecule has 1 aliphatic carbocycles. The van der Waals surface area contributed by atoms with E-state index in [0.717, 1.165) is 12.8 Å². The molecular weight excluding hydrogens is 367 g/mol.